The third kappa shape index (κ3) is 6.76. The van der Waals surface area contributed by atoms with Gasteiger partial charge in [-0.1, -0.05) is 6.07 Å². The molecule has 3 N–H and O–H groups in total. The highest BCUT2D eigenvalue weighted by Gasteiger charge is 2.12. The van der Waals surface area contributed by atoms with E-state index in [0.717, 1.165) is 11.3 Å². The van der Waals surface area contributed by atoms with Crippen LogP contribution in [-0.4, -0.2) is 57.4 Å². The summed E-state index contributed by atoms with van der Waals surface area (Å²) in [5.74, 6) is 0.192. The van der Waals surface area contributed by atoms with Crippen LogP contribution in [0.15, 0.2) is 57.6 Å². The Bertz CT molecular complexity index is 914. The normalized spacial score (nSPS) is 11.9. The number of rotatable bonds is 11. The predicted octanol–water partition coefficient (Wildman–Crippen LogP) is 2.72. The van der Waals surface area contributed by atoms with Crippen LogP contribution in [0.5, 0.6) is 0 Å². The van der Waals surface area contributed by atoms with E-state index in [9.17, 15) is 18.6 Å². The second-order valence-corrected chi connectivity index (χ2v) is 8.33. The number of halogens is 1. The fourth-order valence-corrected chi connectivity index (χ4v) is 3.81. The molecule has 0 aliphatic carbocycles. The number of aliphatic hydroxyl groups is 2. The van der Waals surface area contributed by atoms with Gasteiger partial charge < -0.3 is 15.1 Å². The Morgan fingerprint density at radius 3 is 2.28 bits per heavy atom. The number of nitrogens with zero attached hydrogens (tertiary/aromatic N) is 3. The van der Waals surface area contributed by atoms with Crippen molar-refractivity contribution in [2.24, 2.45) is 10.2 Å². The van der Waals surface area contributed by atoms with Gasteiger partial charge in [0, 0.05) is 31.2 Å². The summed E-state index contributed by atoms with van der Waals surface area (Å²) in [4.78, 5) is 1.98. The van der Waals surface area contributed by atoms with Gasteiger partial charge in [-0.15, -0.1) is 11.6 Å². The van der Waals surface area contributed by atoms with Crippen molar-refractivity contribution in [3.05, 3.63) is 48.0 Å². The maximum Gasteiger partial charge on any atom is 0.240 e. The maximum absolute atomic E-state index is 12.1. The molecule has 0 heterocycles. The Kier molecular flexibility index (Phi) is 8.99. The molecule has 0 aliphatic rings. The van der Waals surface area contributed by atoms with Gasteiger partial charge in [0.05, 0.1) is 29.5 Å². The summed E-state index contributed by atoms with van der Waals surface area (Å²) in [5.41, 5.74) is 2.88. The monoisotopic (exact) mass is 440 g/mol. The standard InChI is InChI=1S/C19H25ClN4O4S/c1-15-2-5-17(24(10-12-25)11-13-26)14-19(15)23-22-16-3-6-18(7-4-16)29(27,28)21-9-8-20/h2-7,14,21,25-26H,8-13H2,1H3. The fraction of sp³-hybridized carbons (Fsp3) is 0.368. The van der Waals surface area contributed by atoms with Crippen molar-refractivity contribution < 1.29 is 18.6 Å². The third-order valence-electron chi connectivity index (χ3n) is 4.10. The highest BCUT2D eigenvalue weighted by Crippen LogP contribution is 2.27. The Balaban J connectivity index is 2.19. The molecule has 0 spiro atoms. The van der Waals surface area contributed by atoms with Gasteiger partial charge in [0.15, 0.2) is 0 Å². The largest absolute Gasteiger partial charge is 0.395 e. The van der Waals surface area contributed by atoms with Gasteiger partial charge in [0.25, 0.3) is 0 Å². The molecule has 8 nitrogen and oxygen atoms in total. The number of aliphatic hydroxyl groups excluding tert-OH is 2. The smallest absolute Gasteiger partial charge is 0.240 e. The molecule has 0 radical (unpaired) electrons. The van der Waals surface area contributed by atoms with Crippen molar-refractivity contribution in [1.29, 1.82) is 0 Å². The van der Waals surface area contributed by atoms with E-state index in [4.69, 9.17) is 11.6 Å². The first kappa shape index (κ1) is 23.2. The number of sulfonamides is 1. The van der Waals surface area contributed by atoms with Crippen LogP contribution in [0.3, 0.4) is 0 Å². The van der Waals surface area contributed by atoms with Crippen LogP contribution in [0, 0.1) is 6.92 Å². The van der Waals surface area contributed by atoms with Gasteiger partial charge in [0.1, 0.15) is 0 Å². The second kappa shape index (κ2) is 11.2. The number of anilines is 1. The summed E-state index contributed by atoms with van der Waals surface area (Å²) >= 11 is 5.52. The lowest BCUT2D eigenvalue weighted by Crippen LogP contribution is -2.29. The third-order valence-corrected chi connectivity index (χ3v) is 5.77. The molecule has 0 atom stereocenters. The summed E-state index contributed by atoms with van der Waals surface area (Å²) in [5, 5.41) is 26.9. The number of azo groups is 1. The molecule has 2 aromatic carbocycles. The molecule has 2 aromatic rings. The van der Waals surface area contributed by atoms with E-state index in [2.05, 4.69) is 15.0 Å². The Morgan fingerprint density at radius 1 is 1.03 bits per heavy atom. The lowest BCUT2D eigenvalue weighted by molar-refractivity contribution is 0.281. The molecule has 0 amide bonds. The highest BCUT2D eigenvalue weighted by molar-refractivity contribution is 7.89. The van der Waals surface area contributed by atoms with Crippen LogP contribution >= 0.6 is 11.6 Å². The zero-order valence-electron chi connectivity index (χ0n) is 16.1. The SMILES string of the molecule is Cc1ccc(N(CCO)CCO)cc1N=Nc1ccc(S(=O)(=O)NCCCl)cc1. The fourth-order valence-electron chi connectivity index (χ4n) is 2.57. The van der Waals surface area contributed by atoms with Gasteiger partial charge in [-0.2, -0.15) is 10.2 Å². The Hall–Kier alpha value is -2.04. The first-order valence-corrected chi connectivity index (χ1v) is 11.1. The average molecular weight is 441 g/mol. The van der Waals surface area contributed by atoms with Crippen molar-refractivity contribution in [3.8, 4) is 0 Å². The average Bonchev–Trinajstić information content (AvgIpc) is 2.72. The molecule has 0 bridgehead atoms. The van der Waals surface area contributed by atoms with Crippen LogP contribution < -0.4 is 9.62 Å². The Morgan fingerprint density at radius 2 is 1.69 bits per heavy atom. The van der Waals surface area contributed by atoms with E-state index in [1.165, 1.54) is 12.1 Å². The van der Waals surface area contributed by atoms with Crippen molar-refractivity contribution >= 4 is 38.7 Å². The van der Waals surface area contributed by atoms with Gasteiger partial charge in [-0.05, 0) is 48.9 Å². The number of aryl methyl sites for hydroxylation is 1. The van der Waals surface area contributed by atoms with Crippen molar-refractivity contribution in [2.75, 3.05) is 43.6 Å². The van der Waals surface area contributed by atoms with E-state index in [0.29, 0.717) is 24.5 Å². The Labute approximate surface area is 175 Å². The number of benzene rings is 2. The van der Waals surface area contributed by atoms with Crippen LogP contribution in [0.4, 0.5) is 17.1 Å². The molecule has 29 heavy (non-hydrogen) atoms. The number of hydrogen-bond acceptors (Lipinski definition) is 7. The lowest BCUT2D eigenvalue weighted by Gasteiger charge is -2.23. The minimum absolute atomic E-state index is 0.0280. The van der Waals surface area contributed by atoms with E-state index in [1.807, 2.05) is 30.0 Å². The van der Waals surface area contributed by atoms with E-state index >= 15 is 0 Å². The molecular formula is C19H25ClN4O4S. The summed E-state index contributed by atoms with van der Waals surface area (Å²) in [6, 6.07) is 11.7. The van der Waals surface area contributed by atoms with Crippen molar-refractivity contribution in [3.63, 3.8) is 0 Å². The minimum atomic E-state index is -3.59. The summed E-state index contributed by atoms with van der Waals surface area (Å²) < 4.78 is 26.5. The summed E-state index contributed by atoms with van der Waals surface area (Å²) in [6.45, 7) is 2.80. The zero-order chi connectivity index (χ0) is 21.3. The van der Waals surface area contributed by atoms with Crippen LogP contribution in [0.1, 0.15) is 5.56 Å². The van der Waals surface area contributed by atoms with E-state index in [1.54, 1.807) is 12.1 Å². The quantitative estimate of drug-likeness (QED) is 0.367. The van der Waals surface area contributed by atoms with Gasteiger partial charge in [-0.25, -0.2) is 13.1 Å². The number of nitrogens with one attached hydrogen (secondary N) is 1. The summed E-state index contributed by atoms with van der Waals surface area (Å²) in [6.07, 6.45) is 0. The molecule has 0 saturated heterocycles. The van der Waals surface area contributed by atoms with Gasteiger partial charge >= 0.3 is 0 Å². The molecule has 0 aliphatic heterocycles. The molecular weight excluding hydrogens is 416 g/mol. The van der Waals surface area contributed by atoms with Crippen molar-refractivity contribution in [2.45, 2.75) is 11.8 Å². The topological polar surface area (TPSA) is 115 Å². The molecule has 0 saturated carbocycles. The minimum Gasteiger partial charge on any atom is -0.395 e. The zero-order valence-corrected chi connectivity index (χ0v) is 17.7. The number of hydrogen-bond donors (Lipinski definition) is 3. The maximum atomic E-state index is 12.1. The first-order chi connectivity index (χ1) is 13.9. The van der Waals surface area contributed by atoms with E-state index in [-0.39, 0.29) is 30.5 Å². The lowest BCUT2D eigenvalue weighted by atomic mass is 10.1. The predicted molar refractivity (Wildman–Crippen MR) is 114 cm³/mol. The molecule has 2 rings (SSSR count). The number of alkyl halides is 1. The highest BCUT2D eigenvalue weighted by atomic mass is 35.5. The van der Waals surface area contributed by atoms with Crippen LogP contribution in [0.25, 0.3) is 0 Å². The molecule has 10 heteroatoms. The second-order valence-electron chi connectivity index (χ2n) is 6.19. The molecule has 0 unspecified atom stereocenters. The first-order valence-electron chi connectivity index (χ1n) is 9.06. The molecule has 0 fully saturated rings. The summed E-state index contributed by atoms with van der Waals surface area (Å²) in [7, 11) is -3.59. The van der Waals surface area contributed by atoms with Gasteiger partial charge in [-0.3, -0.25) is 0 Å². The van der Waals surface area contributed by atoms with Gasteiger partial charge in [0.2, 0.25) is 10.0 Å². The van der Waals surface area contributed by atoms with Crippen molar-refractivity contribution in [1.82, 2.24) is 4.72 Å². The van der Waals surface area contributed by atoms with Crippen LogP contribution in [0.2, 0.25) is 0 Å². The van der Waals surface area contributed by atoms with E-state index < -0.39 is 10.0 Å². The van der Waals surface area contributed by atoms with Crippen LogP contribution in [-0.2, 0) is 10.0 Å². The molecule has 158 valence electrons. The molecule has 0 aromatic heterocycles.